The monoisotopic (exact) mass is 618 g/mol. The van der Waals surface area contributed by atoms with E-state index in [-0.39, 0.29) is 45.7 Å². The van der Waals surface area contributed by atoms with Gasteiger partial charge in [-0.1, -0.05) is 48.0 Å². The molecule has 1 aromatic heterocycles. The second kappa shape index (κ2) is 11.7. The van der Waals surface area contributed by atoms with E-state index in [2.05, 4.69) is 0 Å². The smallest absolute Gasteiger partial charge is 0.342 e. The lowest BCUT2D eigenvalue weighted by Gasteiger charge is -2.23. The molecule has 0 aliphatic rings. The molecule has 0 saturated carbocycles. The Morgan fingerprint density at radius 3 is 2.33 bits per heavy atom. The number of benzene rings is 4. The summed E-state index contributed by atoms with van der Waals surface area (Å²) in [5.74, 6) is -1.45. The molecule has 0 radical (unpaired) electrons. The molecule has 5 aromatic rings. The number of carbonyl (C=O) groups is 2. The quantitative estimate of drug-likeness (QED) is 0.101. The van der Waals surface area contributed by atoms with Crippen molar-refractivity contribution in [2.75, 3.05) is 10.9 Å². The van der Waals surface area contributed by atoms with Crippen molar-refractivity contribution in [2.24, 2.45) is 0 Å². The summed E-state index contributed by atoms with van der Waals surface area (Å²) in [5.41, 5.74) is 0.533. The first kappa shape index (κ1) is 29.5. The van der Waals surface area contributed by atoms with Gasteiger partial charge in [-0.15, -0.1) is 0 Å². The standard InChI is InChI=1S/C31H23ClN2O8S/c1-3-41-31(36)28-25-17-23(14-16-27(25)42-29(28)20-7-5-4-6-8-20)33(30(35)21-10-12-22(32)13-11-21)43(39,40)24-15-9-19(2)26(18-24)34(37)38/h4-18H,3H2,1-2H3. The topological polar surface area (TPSA) is 137 Å². The maximum absolute atomic E-state index is 14.1. The minimum atomic E-state index is -4.74. The lowest BCUT2D eigenvalue weighted by molar-refractivity contribution is -0.385. The molecule has 0 aliphatic heterocycles. The second-order valence-corrected chi connectivity index (χ2v) is 11.6. The number of anilines is 1. The van der Waals surface area contributed by atoms with Crippen LogP contribution in [0, 0.1) is 17.0 Å². The van der Waals surface area contributed by atoms with E-state index in [1.165, 1.54) is 61.5 Å². The van der Waals surface area contributed by atoms with Crippen molar-refractivity contribution in [1.82, 2.24) is 0 Å². The Bertz CT molecular complexity index is 1990. The number of nitrogens with zero attached hydrogens (tertiary/aromatic N) is 2. The summed E-state index contributed by atoms with van der Waals surface area (Å²) >= 11 is 5.99. The van der Waals surface area contributed by atoms with Gasteiger partial charge in [0.1, 0.15) is 16.9 Å². The summed E-state index contributed by atoms with van der Waals surface area (Å²) < 4.78 is 40.1. The van der Waals surface area contributed by atoms with E-state index in [1.807, 2.05) is 0 Å². The highest BCUT2D eigenvalue weighted by atomic mass is 35.5. The highest BCUT2D eigenvalue weighted by molar-refractivity contribution is 7.93. The number of aryl methyl sites for hydroxylation is 1. The van der Waals surface area contributed by atoms with Crippen molar-refractivity contribution in [3.05, 3.63) is 123 Å². The summed E-state index contributed by atoms with van der Waals surface area (Å²) in [6, 6.07) is 21.9. The van der Waals surface area contributed by atoms with Gasteiger partial charge >= 0.3 is 5.97 Å². The average Bonchev–Trinajstić information content (AvgIpc) is 3.37. The Labute approximate surface area is 251 Å². The molecule has 10 nitrogen and oxygen atoms in total. The van der Waals surface area contributed by atoms with E-state index in [0.29, 0.717) is 14.9 Å². The van der Waals surface area contributed by atoms with Crippen LogP contribution in [0.4, 0.5) is 11.4 Å². The van der Waals surface area contributed by atoms with Crippen molar-refractivity contribution in [1.29, 1.82) is 0 Å². The fourth-order valence-electron chi connectivity index (χ4n) is 4.54. The number of hydrogen-bond acceptors (Lipinski definition) is 8. The maximum Gasteiger partial charge on any atom is 0.342 e. The molecule has 12 heteroatoms. The molecule has 4 aromatic carbocycles. The minimum Gasteiger partial charge on any atom is -0.462 e. The van der Waals surface area contributed by atoms with Gasteiger partial charge in [-0.25, -0.2) is 13.2 Å². The van der Waals surface area contributed by atoms with E-state index in [9.17, 15) is 28.1 Å². The van der Waals surface area contributed by atoms with Gasteiger partial charge in [0, 0.05) is 33.2 Å². The fraction of sp³-hybridized carbons (Fsp3) is 0.0968. The molecule has 43 heavy (non-hydrogen) atoms. The van der Waals surface area contributed by atoms with Gasteiger partial charge in [0.25, 0.3) is 21.6 Å². The van der Waals surface area contributed by atoms with Crippen LogP contribution in [-0.2, 0) is 14.8 Å². The van der Waals surface area contributed by atoms with Gasteiger partial charge in [-0.3, -0.25) is 14.9 Å². The number of carbonyl (C=O) groups excluding carboxylic acids is 2. The molecular formula is C31H23ClN2O8S. The lowest BCUT2D eigenvalue weighted by Crippen LogP contribution is -2.37. The highest BCUT2D eigenvalue weighted by Gasteiger charge is 2.34. The zero-order valence-electron chi connectivity index (χ0n) is 22.8. The first-order valence-corrected chi connectivity index (χ1v) is 14.7. The molecule has 5 rings (SSSR count). The summed E-state index contributed by atoms with van der Waals surface area (Å²) in [6.07, 6.45) is 0. The Morgan fingerprint density at radius 1 is 0.977 bits per heavy atom. The number of sulfonamides is 1. The van der Waals surface area contributed by atoms with E-state index < -0.39 is 37.4 Å². The van der Waals surface area contributed by atoms with Gasteiger partial charge in [-0.05, 0) is 62.4 Å². The van der Waals surface area contributed by atoms with Crippen LogP contribution in [-0.4, -0.2) is 31.8 Å². The fourth-order valence-corrected chi connectivity index (χ4v) is 6.09. The molecule has 0 aliphatic carbocycles. The molecule has 218 valence electrons. The number of furan rings is 1. The van der Waals surface area contributed by atoms with Gasteiger partial charge < -0.3 is 9.15 Å². The number of fused-ring (bicyclic) bond motifs is 1. The number of nitro benzene ring substituents is 1. The second-order valence-electron chi connectivity index (χ2n) is 9.36. The van der Waals surface area contributed by atoms with Crippen LogP contribution in [0.2, 0.25) is 5.02 Å². The van der Waals surface area contributed by atoms with E-state index in [1.54, 1.807) is 37.3 Å². The predicted molar refractivity (Wildman–Crippen MR) is 161 cm³/mol. The molecule has 0 saturated heterocycles. The first-order valence-electron chi connectivity index (χ1n) is 12.9. The number of nitro groups is 1. The predicted octanol–water partition coefficient (Wildman–Crippen LogP) is 7.18. The van der Waals surface area contributed by atoms with Gasteiger partial charge in [0.15, 0.2) is 0 Å². The number of rotatable bonds is 8. The van der Waals surface area contributed by atoms with Crippen molar-refractivity contribution in [3.8, 4) is 11.3 Å². The Balaban J connectivity index is 1.76. The van der Waals surface area contributed by atoms with Gasteiger partial charge in [-0.2, -0.15) is 4.31 Å². The van der Waals surface area contributed by atoms with Crippen molar-refractivity contribution in [3.63, 3.8) is 0 Å². The van der Waals surface area contributed by atoms with E-state index >= 15 is 0 Å². The Kier molecular flexibility index (Phi) is 8.03. The van der Waals surface area contributed by atoms with Crippen LogP contribution in [0.3, 0.4) is 0 Å². The number of amides is 1. The normalized spacial score (nSPS) is 11.3. The zero-order valence-corrected chi connectivity index (χ0v) is 24.4. The minimum absolute atomic E-state index is 0.0162. The molecule has 0 spiro atoms. The molecule has 1 amide bonds. The van der Waals surface area contributed by atoms with Crippen LogP contribution in [0.15, 0.2) is 100 Å². The summed E-state index contributed by atoms with van der Waals surface area (Å²) in [4.78, 5) is 37.5. The molecule has 1 heterocycles. The molecule has 0 fully saturated rings. The Morgan fingerprint density at radius 2 is 1.67 bits per heavy atom. The molecule has 0 unspecified atom stereocenters. The third-order valence-corrected chi connectivity index (χ3v) is 8.57. The summed E-state index contributed by atoms with van der Waals surface area (Å²) in [6.45, 7) is 3.19. The SMILES string of the molecule is CCOC(=O)c1c(-c2ccccc2)oc2ccc(N(C(=O)c3ccc(Cl)cc3)S(=O)(=O)c3ccc(C)c([N+](=O)[O-])c3)cc12. The van der Waals surface area contributed by atoms with Crippen LogP contribution in [0.5, 0.6) is 0 Å². The van der Waals surface area contributed by atoms with Crippen LogP contribution >= 0.6 is 11.6 Å². The van der Waals surface area contributed by atoms with E-state index in [4.69, 9.17) is 20.8 Å². The molecule has 0 N–H and O–H groups in total. The van der Waals surface area contributed by atoms with Crippen molar-refractivity contribution in [2.45, 2.75) is 18.7 Å². The molecule has 0 atom stereocenters. The van der Waals surface area contributed by atoms with E-state index in [0.717, 1.165) is 6.07 Å². The van der Waals surface area contributed by atoms with Gasteiger partial charge in [0.05, 0.1) is 22.1 Å². The number of ether oxygens (including phenoxy) is 1. The third-order valence-electron chi connectivity index (χ3n) is 6.61. The zero-order chi connectivity index (χ0) is 30.9. The van der Waals surface area contributed by atoms with Crippen LogP contribution in [0.25, 0.3) is 22.3 Å². The molecular weight excluding hydrogens is 596 g/mol. The average molecular weight is 619 g/mol. The number of halogens is 1. The van der Waals surface area contributed by atoms with Crippen molar-refractivity contribution >= 4 is 55.8 Å². The number of hydrogen-bond donors (Lipinski definition) is 0. The van der Waals surface area contributed by atoms with Crippen molar-refractivity contribution < 1.29 is 32.1 Å². The highest BCUT2D eigenvalue weighted by Crippen LogP contribution is 2.38. The largest absolute Gasteiger partial charge is 0.462 e. The number of esters is 1. The maximum atomic E-state index is 14.1. The van der Waals surface area contributed by atoms with Gasteiger partial charge in [0.2, 0.25) is 0 Å². The molecule has 0 bridgehead atoms. The first-order chi connectivity index (χ1) is 20.5. The third kappa shape index (κ3) is 5.60. The van der Waals surface area contributed by atoms with Crippen LogP contribution in [0.1, 0.15) is 33.2 Å². The van der Waals surface area contributed by atoms with Crippen LogP contribution < -0.4 is 4.31 Å². The Hall–Kier alpha value is -5.00. The summed E-state index contributed by atoms with van der Waals surface area (Å²) in [5, 5.41) is 12.1. The summed E-state index contributed by atoms with van der Waals surface area (Å²) in [7, 11) is -4.74. The lowest BCUT2D eigenvalue weighted by atomic mass is 10.1.